The van der Waals surface area contributed by atoms with Crippen molar-refractivity contribution in [1.82, 2.24) is 4.98 Å². The minimum absolute atomic E-state index is 0.207. The van der Waals surface area contributed by atoms with E-state index < -0.39 is 0 Å². The molecule has 0 aliphatic rings. The van der Waals surface area contributed by atoms with Crippen LogP contribution in [0.2, 0.25) is 0 Å². The van der Waals surface area contributed by atoms with E-state index in [0.717, 1.165) is 25.6 Å². The van der Waals surface area contributed by atoms with E-state index in [1.165, 1.54) is 11.3 Å². The van der Waals surface area contributed by atoms with Crippen molar-refractivity contribution in [2.75, 3.05) is 0 Å². The summed E-state index contributed by atoms with van der Waals surface area (Å²) in [6.07, 6.45) is 0. The summed E-state index contributed by atoms with van der Waals surface area (Å²) in [6.45, 7) is 0. The summed E-state index contributed by atoms with van der Waals surface area (Å²) >= 11 is 8.21. The average Bonchev–Trinajstić information content (AvgIpc) is 3.22. The summed E-state index contributed by atoms with van der Waals surface area (Å²) in [5, 5.41) is 3.17. The zero-order valence-electron chi connectivity index (χ0n) is 12.1. The highest BCUT2D eigenvalue weighted by Crippen LogP contribution is 2.32. The highest BCUT2D eigenvalue weighted by Gasteiger charge is 2.19. The van der Waals surface area contributed by atoms with Crippen LogP contribution in [0.25, 0.3) is 22.2 Å². The number of aromatic nitrogens is 1. The summed E-state index contributed by atoms with van der Waals surface area (Å²) in [4.78, 5) is 17.1. The van der Waals surface area contributed by atoms with Gasteiger partial charge < -0.3 is 4.42 Å². The quantitative estimate of drug-likeness (QED) is 0.335. The van der Waals surface area contributed by atoms with Crippen LogP contribution in [0.1, 0.15) is 15.6 Å². The molecule has 6 heteroatoms. The molecule has 0 saturated carbocycles. The maximum absolute atomic E-state index is 12.7. The lowest BCUT2D eigenvalue weighted by Crippen LogP contribution is -1.98. The normalized spacial score (nSPS) is 11.1. The molecule has 0 N–H and O–H groups in total. The van der Waals surface area contributed by atoms with E-state index in [0.29, 0.717) is 10.6 Å². The molecule has 0 unspecified atom stereocenters. The van der Waals surface area contributed by atoms with Crippen LogP contribution in [0.3, 0.4) is 0 Å². The first-order valence-electron chi connectivity index (χ1n) is 7.06. The maximum Gasteiger partial charge on any atom is 0.256 e. The second-order valence-electron chi connectivity index (χ2n) is 5.15. The molecule has 2 aromatic carbocycles. The van der Waals surface area contributed by atoms with Gasteiger partial charge in [-0.05, 0) is 34.1 Å². The lowest BCUT2D eigenvalue weighted by atomic mass is 10.2. The second-order valence-corrected chi connectivity index (χ2v) is 7.78. The third-order valence-electron chi connectivity index (χ3n) is 3.53. The molecule has 2 aromatic heterocycles. The molecular formula is C18H9Br2NO2S. The topological polar surface area (TPSA) is 43.1 Å². The van der Waals surface area contributed by atoms with Gasteiger partial charge in [0.25, 0.3) is 5.78 Å². The smallest absolute Gasteiger partial charge is 0.256 e. The minimum Gasteiger partial charge on any atom is -0.451 e. The third-order valence-corrected chi connectivity index (χ3v) is 5.42. The van der Waals surface area contributed by atoms with E-state index in [-0.39, 0.29) is 11.5 Å². The van der Waals surface area contributed by atoms with Crippen molar-refractivity contribution in [3.05, 3.63) is 73.6 Å². The summed E-state index contributed by atoms with van der Waals surface area (Å²) in [6, 6.07) is 15.3. The Morgan fingerprint density at radius 1 is 1.08 bits per heavy atom. The Bertz CT molecular complexity index is 1050. The van der Waals surface area contributed by atoms with Gasteiger partial charge in [0.2, 0.25) is 0 Å². The van der Waals surface area contributed by atoms with Crippen molar-refractivity contribution in [3.63, 3.8) is 0 Å². The summed E-state index contributed by atoms with van der Waals surface area (Å²) < 4.78 is 7.45. The molecule has 0 spiro atoms. The Labute approximate surface area is 158 Å². The van der Waals surface area contributed by atoms with Crippen molar-refractivity contribution >= 4 is 59.9 Å². The summed E-state index contributed by atoms with van der Waals surface area (Å²) in [7, 11) is 0. The first kappa shape index (κ1) is 15.7. The Kier molecular flexibility index (Phi) is 4.12. The van der Waals surface area contributed by atoms with Gasteiger partial charge in [0, 0.05) is 20.8 Å². The molecule has 24 heavy (non-hydrogen) atoms. The molecule has 0 amide bonds. The van der Waals surface area contributed by atoms with Gasteiger partial charge in [-0.1, -0.05) is 46.3 Å². The van der Waals surface area contributed by atoms with Crippen molar-refractivity contribution in [2.24, 2.45) is 0 Å². The molecule has 3 nitrogen and oxygen atoms in total. The highest BCUT2D eigenvalue weighted by atomic mass is 79.9. The van der Waals surface area contributed by atoms with Crippen LogP contribution < -0.4 is 0 Å². The van der Waals surface area contributed by atoms with Gasteiger partial charge in [0.05, 0.1) is 10.2 Å². The molecule has 0 atom stereocenters. The lowest BCUT2D eigenvalue weighted by Gasteiger charge is -1.95. The molecule has 0 aliphatic carbocycles. The number of hydrogen-bond donors (Lipinski definition) is 0. The average molecular weight is 463 g/mol. The fraction of sp³-hybridized carbons (Fsp3) is 0. The van der Waals surface area contributed by atoms with Gasteiger partial charge >= 0.3 is 0 Å². The molecule has 4 aromatic rings. The largest absolute Gasteiger partial charge is 0.451 e. The zero-order valence-corrected chi connectivity index (χ0v) is 16.1. The maximum atomic E-state index is 12.7. The first-order valence-corrected chi connectivity index (χ1v) is 9.52. The number of nitrogens with zero attached hydrogens (tertiary/aromatic N) is 1. The monoisotopic (exact) mass is 461 g/mol. The van der Waals surface area contributed by atoms with E-state index >= 15 is 0 Å². The predicted octanol–water partition coefficient (Wildman–Crippen LogP) is 6.31. The number of benzene rings is 2. The fourth-order valence-corrected chi connectivity index (χ4v) is 4.52. The van der Waals surface area contributed by atoms with E-state index in [1.54, 1.807) is 6.07 Å². The van der Waals surface area contributed by atoms with Gasteiger partial charge in [-0.3, -0.25) is 4.79 Å². The summed E-state index contributed by atoms with van der Waals surface area (Å²) in [5.41, 5.74) is 2.44. The molecule has 0 saturated heterocycles. The number of furan rings is 1. The van der Waals surface area contributed by atoms with Crippen LogP contribution in [-0.2, 0) is 0 Å². The number of thiazole rings is 1. The Morgan fingerprint density at radius 2 is 1.88 bits per heavy atom. The Morgan fingerprint density at radius 3 is 2.67 bits per heavy atom. The van der Waals surface area contributed by atoms with Gasteiger partial charge in [0.1, 0.15) is 5.58 Å². The van der Waals surface area contributed by atoms with Gasteiger partial charge in [-0.15, -0.1) is 11.3 Å². The number of fused-ring (bicyclic) bond motifs is 1. The van der Waals surface area contributed by atoms with Gasteiger partial charge in [0.15, 0.2) is 10.8 Å². The molecule has 0 fully saturated rings. The van der Waals surface area contributed by atoms with Crippen LogP contribution in [0.5, 0.6) is 0 Å². The molecule has 4 rings (SSSR count). The molecular weight excluding hydrogens is 454 g/mol. The third kappa shape index (κ3) is 2.85. The SMILES string of the molecule is O=C(c1cc2cc(Br)cc(Br)c2o1)c1nc(-c2ccccc2)cs1. The zero-order chi connectivity index (χ0) is 16.7. The molecule has 0 aliphatic heterocycles. The van der Waals surface area contributed by atoms with E-state index in [1.807, 2.05) is 47.8 Å². The van der Waals surface area contributed by atoms with Crippen LogP contribution in [-0.4, -0.2) is 10.8 Å². The van der Waals surface area contributed by atoms with Gasteiger partial charge in [-0.25, -0.2) is 4.98 Å². The number of hydrogen-bond acceptors (Lipinski definition) is 4. The Balaban J connectivity index is 1.72. The standard InChI is InChI=1S/C18H9Br2NO2S/c19-12-6-11-7-15(23-17(11)13(20)8-12)16(22)18-21-14(9-24-18)10-4-2-1-3-5-10/h1-9H. The van der Waals surface area contributed by atoms with Crippen molar-refractivity contribution in [2.45, 2.75) is 0 Å². The number of carbonyl (C=O) groups is 1. The fourth-order valence-electron chi connectivity index (χ4n) is 2.41. The van der Waals surface area contributed by atoms with Gasteiger partial charge in [-0.2, -0.15) is 0 Å². The minimum atomic E-state index is -0.207. The van der Waals surface area contributed by atoms with Crippen LogP contribution in [0, 0.1) is 0 Å². The number of halogens is 2. The highest BCUT2D eigenvalue weighted by molar-refractivity contribution is 9.11. The van der Waals surface area contributed by atoms with Crippen LogP contribution in [0.15, 0.2) is 67.3 Å². The van der Waals surface area contributed by atoms with E-state index in [9.17, 15) is 4.79 Å². The van der Waals surface area contributed by atoms with Crippen LogP contribution >= 0.6 is 43.2 Å². The van der Waals surface area contributed by atoms with Crippen LogP contribution in [0.4, 0.5) is 0 Å². The molecule has 2 heterocycles. The number of carbonyl (C=O) groups excluding carboxylic acids is 1. The van der Waals surface area contributed by atoms with Crippen molar-refractivity contribution in [3.8, 4) is 11.3 Å². The number of ketones is 1. The van der Waals surface area contributed by atoms with Crippen molar-refractivity contribution < 1.29 is 9.21 Å². The molecule has 0 bridgehead atoms. The molecule has 0 radical (unpaired) electrons. The molecule has 118 valence electrons. The second kappa shape index (κ2) is 6.27. The van der Waals surface area contributed by atoms with E-state index in [2.05, 4.69) is 36.8 Å². The first-order chi connectivity index (χ1) is 11.6. The lowest BCUT2D eigenvalue weighted by molar-refractivity contribution is 0.101. The predicted molar refractivity (Wildman–Crippen MR) is 103 cm³/mol. The van der Waals surface area contributed by atoms with Crippen molar-refractivity contribution in [1.29, 1.82) is 0 Å². The summed E-state index contributed by atoms with van der Waals surface area (Å²) in [5.74, 6) is 0.0826. The Hall–Kier alpha value is -1.76. The number of rotatable bonds is 3. The van der Waals surface area contributed by atoms with E-state index in [4.69, 9.17) is 4.42 Å².